The molecule has 3 aromatic rings. The summed E-state index contributed by atoms with van der Waals surface area (Å²) in [5.74, 6) is -0.211. The Morgan fingerprint density at radius 2 is 2.11 bits per heavy atom. The Morgan fingerprint density at radius 3 is 2.89 bits per heavy atom. The maximum Gasteiger partial charge on any atom is 0.229 e. The number of carbonyl (C=O) groups excluding carboxylic acids is 1. The first-order valence-electron chi connectivity index (χ1n) is 9.19. The fourth-order valence-electron chi connectivity index (χ4n) is 3.65. The van der Waals surface area contributed by atoms with E-state index in [1.165, 1.54) is 12.1 Å². The van der Waals surface area contributed by atoms with Gasteiger partial charge in [0.25, 0.3) is 0 Å². The van der Waals surface area contributed by atoms with Crippen LogP contribution in [0.15, 0.2) is 54.9 Å². The van der Waals surface area contributed by atoms with Crippen LogP contribution in [0.25, 0.3) is 11.1 Å². The minimum absolute atomic E-state index is 0.0106. The highest BCUT2D eigenvalue weighted by atomic mass is 19.1. The van der Waals surface area contributed by atoms with E-state index in [1.54, 1.807) is 24.5 Å². The zero-order chi connectivity index (χ0) is 19.5. The van der Waals surface area contributed by atoms with Gasteiger partial charge in [-0.1, -0.05) is 18.2 Å². The van der Waals surface area contributed by atoms with Crippen LogP contribution in [-0.4, -0.2) is 32.3 Å². The summed E-state index contributed by atoms with van der Waals surface area (Å²) in [5, 5.41) is 0. The quantitative estimate of drug-likeness (QED) is 0.755. The van der Waals surface area contributed by atoms with Crippen LogP contribution in [0.4, 0.5) is 10.3 Å². The Kier molecular flexibility index (Phi) is 4.97. The van der Waals surface area contributed by atoms with Crippen molar-refractivity contribution in [3.8, 4) is 11.1 Å². The third-order valence-corrected chi connectivity index (χ3v) is 4.92. The van der Waals surface area contributed by atoms with Gasteiger partial charge in [0, 0.05) is 30.2 Å². The molecule has 1 aromatic carbocycles. The molecule has 3 heterocycles. The van der Waals surface area contributed by atoms with E-state index in [0.717, 1.165) is 18.5 Å². The van der Waals surface area contributed by atoms with Crippen LogP contribution in [0, 0.1) is 5.82 Å². The van der Waals surface area contributed by atoms with Gasteiger partial charge in [0.2, 0.25) is 11.9 Å². The lowest BCUT2D eigenvalue weighted by Gasteiger charge is -2.26. The monoisotopic (exact) mass is 377 g/mol. The molecule has 1 aliphatic heterocycles. The van der Waals surface area contributed by atoms with Gasteiger partial charge in [-0.3, -0.25) is 9.78 Å². The van der Waals surface area contributed by atoms with Gasteiger partial charge in [0.1, 0.15) is 5.82 Å². The molecule has 1 aliphatic rings. The van der Waals surface area contributed by atoms with Crippen LogP contribution < -0.4 is 5.73 Å². The zero-order valence-electron chi connectivity index (χ0n) is 15.3. The highest BCUT2D eigenvalue weighted by Crippen LogP contribution is 2.37. The Labute approximate surface area is 162 Å². The highest BCUT2D eigenvalue weighted by Gasteiger charge is 2.33. The van der Waals surface area contributed by atoms with Crippen molar-refractivity contribution >= 4 is 11.9 Å². The molecular formula is C21H20FN5O. The number of hydrogen-bond acceptors (Lipinski definition) is 5. The second kappa shape index (κ2) is 7.72. The molecule has 1 atom stereocenters. The number of amides is 1. The number of hydrogen-bond donors (Lipinski definition) is 1. The highest BCUT2D eigenvalue weighted by molar-refractivity contribution is 5.79. The van der Waals surface area contributed by atoms with E-state index in [9.17, 15) is 9.18 Å². The average molecular weight is 377 g/mol. The summed E-state index contributed by atoms with van der Waals surface area (Å²) in [7, 11) is 0. The minimum atomic E-state index is -0.338. The van der Waals surface area contributed by atoms with Gasteiger partial charge in [-0.15, -0.1) is 0 Å². The van der Waals surface area contributed by atoms with Crippen LogP contribution in [-0.2, 0) is 11.2 Å². The van der Waals surface area contributed by atoms with Crippen LogP contribution in [0.1, 0.15) is 30.3 Å². The molecule has 6 nitrogen and oxygen atoms in total. The predicted octanol–water partition coefficient (Wildman–Crippen LogP) is 3.17. The molecule has 28 heavy (non-hydrogen) atoms. The first-order valence-corrected chi connectivity index (χ1v) is 9.19. The van der Waals surface area contributed by atoms with Gasteiger partial charge < -0.3 is 10.6 Å². The summed E-state index contributed by atoms with van der Waals surface area (Å²) in [6.45, 7) is 0.642. The van der Waals surface area contributed by atoms with E-state index in [-0.39, 0.29) is 30.1 Å². The molecule has 1 saturated heterocycles. The van der Waals surface area contributed by atoms with Crippen molar-refractivity contribution < 1.29 is 9.18 Å². The molecule has 0 radical (unpaired) electrons. The third-order valence-electron chi connectivity index (χ3n) is 4.92. The fourth-order valence-corrected chi connectivity index (χ4v) is 3.65. The maximum atomic E-state index is 13.8. The van der Waals surface area contributed by atoms with Crippen LogP contribution in [0.5, 0.6) is 0 Å². The number of anilines is 1. The van der Waals surface area contributed by atoms with Gasteiger partial charge in [-0.05, 0) is 42.7 Å². The van der Waals surface area contributed by atoms with E-state index in [1.807, 2.05) is 23.1 Å². The van der Waals surface area contributed by atoms with E-state index in [2.05, 4.69) is 15.0 Å². The second-order valence-corrected chi connectivity index (χ2v) is 6.78. The third kappa shape index (κ3) is 3.69. The number of nitrogen functional groups attached to an aromatic ring is 1. The predicted molar refractivity (Wildman–Crippen MR) is 103 cm³/mol. The van der Waals surface area contributed by atoms with Crippen LogP contribution in [0.2, 0.25) is 0 Å². The van der Waals surface area contributed by atoms with Crippen molar-refractivity contribution in [3.05, 3.63) is 72.1 Å². The average Bonchev–Trinajstić information content (AvgIpc) is 3.18. The largest absolute Gasteiger partial charge is 0.368 e. The SMILES string of the molecule is Nc1ncc(-c2cccc(F)c2)c(C2CCCN2C(=O)Cc2ccccn2)n1. The number of nitrogens with two attached hydrogens (primary N) is 1. The molecule has 0 bridgehead atoms. The Hall–Kier alpha value is -3.35. The lowest BCUT2D eigenvalue weighted by Crippen LogP contribution is -2.32. The standard InChI is InChI=1S/C21H20FN5O/c22-15-6-3-5-14(11-15)17-13-25-21(23)26-20(17)18-8-4-10-27(18)19(28)12-16-7-1-2-9-24-16/h1-3,5-7,9,11,13,18H,4,8,10,12H2,(H2,23,25,26). The first-order chi connectivity index (χ1) is 13.6. The number of halogens is 1. The smallest absolute Gasteiger partial charge is 0.229 e. The zero-order valence-corrected chi connectivity index (χ0v) is 15.3. The van der Waals surface area contributed by atoms with Gasteiger partial charge in [-0.2, -0.15) is 0 Å². The van der Waals surface area contributed by atoms with Gasteiger partial charge in [0.15, 0.2) is 0 Å². The summed E-state index contributed by atoms with van der Waals surface area (Å²) in [5.41, 5.74) is 8.58. The molecule has 0 spiro atoms. The van der Waals surface area contributed by atoms with E-state index >= 15 is 0 Å². The topological polar surface area (TPSA) is 85.0 Å². The van der Waals surface area contributed by atoms with Crippen LogP contribution >= 0.6 is 0 Å². The first kappa shape index (κ1) is 18.0. The van der Waals surface area contributed by atoms with Crippen LogP contribution in [0.3, 0.4) is 0 Å². The second-order valence-electron chi connectivity index (χ2n) is 6.78. The molecule has 142 valence electrons. The lowest BCUT2D eigenvalue weighted by atomic mass is 9.99. The number of rotatable bonds is 4. The molecule has 2 N–H and O–H groups in total. The van der Waals surface area contributed by atoms with Gasteiger partial charge >= 0.3 is 0 Å². The number of likely N-dealkylation sites (tertiary alicyclic amines) is 1. The number of benzene rings is 1. The number of aromatic nitrogens is 3. The normalized spacial score (nSPS) is 16.3. The van der Waals surface area contributed by atoms with E-state index in [0.29, 0.717) is 23.4 Å². The van der Waals surface area contributed by atoms with E-state index < -0.39 is 0 Å². The van der Waals surface area contributed by atoms with Crippen molar-refractivity contribution in [1.29, 1.82) is 0 Å². The van der Waals surface area contributed by atoms with Crippen molar-refractivity contribution in [2.75, 3.05) is 12.3 Å². The maximum absolute atomic E-state index is 13.8. The van der Waals surface area contributed by atoms with Crippen molar-refractivity contribution in [2.24, 2.45) is 0 Å². The molecule has 0 saturated carbocycles. The molecule has 1 amide bonds. The molecular weight excluding hydrogens is 357 g/mol. The molecule has 1 unspecified atom stereocenters. The van der Waals surface area contributed by atoms with Gasteiger partial charge in [-0.25, -0.2) is 14.4 Å². The summed E-state index contributed by atoms with van der Waals surface area (Å²) in [6, 6.07) is 11.6. The molecule has 1 fully saturated rings. The molecule has 0 aliphatic carbocycles. The Bertz CT molecular complexity index is 995. The molecule has 7 heteroatoms. The lowest BCUT2D eigenvalue weighted by molar-refractivity contribution is -0.131. The summed E-state index contributed by atoms with van der Waals surface area (Å²) < 4.78 is 13.8. The van der Waals surface area contributed by atoms with Crippen molar-refractivity contribution in [2.45, 2.75) is 25.3 Å². The fraction of sp³-hybridized carbons (Fsp3) is 0.238. The number of nitrogens with zero attached hydrogens (tertiary/aromatic N) is 4. The van der Waals surface area contributed by atoms with Gasteiger partial charge in [0.05, 0.1) is 18.2 Å². The molecule has 2 aromatic heterocycles. The number of carbonyl (C=O) groups is 1. The number of pyridine rings is 1. The Morgan fingerprint density at radius 1 is 1.21 bits per heavy atom. The molecule has 4 rings (SSSR count). The summed E-state index contributed by atoms with van der Waals surface area (Å²) >= 11 is 0. The van der Waals surface area contributed by atoms with E-state index in [4.69, 9.17) is 5.73 Å². The minimum Gasteiger partial charge on any atom is -0.368 e. The summed E-state index contributed by atoms with van der Waals surface area (Å²) in [6.07, 6.45) is 5.15. The van der Waals surface area contributed by atoms with Crippen molar-refractivity contribution in [1.82, 2.24) is 19.9 Å². The summed E-state index contributed by atoms with van der Waals surface area (Å²) in [4.78, 5) is 27.5. The Balaban J connectivity index is 1.67. The van der Waals surface area contributed by atoms with Crippen molar-refractivity contribution in [3.63, 3.8) is 0 Å².